The van der Waals surface area contributed by atoms with Crippen LogP contribution < -0.4 is 4.72 Å². The SMILES string of the molecule is C=C1C=C(OCC2(C)CCC(F)(F)CC2)C(C2CC2)=CN1C(=C)NS(=C)(C)=O. The zero-order valence-electron chi connectivity index (χ0n) is 16.7. The minimum Gasteiger partial charge on any atom is -0.493 e. The van der Waals surface area contributed by atoms with E-state index in [1.54, 1.807) is 4.90 Å². The van der Waals surface area contributed by atoms with Crippen LogP contribution in [0.5, 0.6) is 0 Å². The second-order valence-corrected chi connectivity index (χ2v) is 11.0. The Morgan fingerprint density at radius 2 is 1.96 bits per heavy atom. The Balaban J connectivity index is 1.70. The van der Waals surface area contributed by atoms with E-state index in [0.29, 0.717) is 36.9 Å². The van der Waals surface area contributed by atoms with Gasteiger partial charge in [0.25, 0.3) is 0 Å². The molecule has 0 aromatic carbocycles. The monoisotopic (exact) mass is 412 g/mol. The van der Waals surface area contributed by atoms with E-state index in [1.807, 2.05) is 19.2 Å². The highest BCUT2D eigenvalue weighted by Crippen LogP contribution is 2.46. The van der Waals surface area contributed by atoms with Crippen molar-refractivity contribution in [3.05, 3.63) is 48.3 Å². The summed E-state index contributed by atoms with van der Waals surface area (Å²) in [4.78, 5) is 1.76. The summed E-state index contributed by atoms with van der Waals surface area (Å²) >= 11 is 0. The third-order valence-corrected chi connectivity index (χ3v) is 6.23. The topological polar surface area (TPSA) is 41.6 Å². The van der Waals surface area contributed by atoms with Crippen LogP contribution in [0.1, 0.15) is 45.4 Å². The summed E-state index contributed by atoms with van der Waals surface area (Å²) in [5.41, 5.74) is 1.44. The first-order chi connectivity index (χ1) is 12.9. The fourth-order valence-corrected chi connectivity index (χ4v) is 4.18. The Kier molecular flexibility index (Phi) is 5.42. The van der Waals surface area contributed by atoms with E-state index in [-0.39, 0.29) is 18.3 Å². The van der Waals surface area contributed by atoms with Gasteiger partial charge in [0, 0.05) is 57.8 Å². The minimum atomic E-state index is -2.54. The molecule has 1 aliphatic heterocycles. The van der Waals surface area contributed by atoms with Crippen LogP contribution in [0.2, 0.25) is 0 Å². The molecule has 2 aliphatic carbocycles. The maximum Gasteiger partial charge on any atom is 0.248 e. The normalized spacial score (nSPS) is 26.0. The van der Waals surface area contributed by atoms with Crippen molar-refractivity contribution in [2.75, 3.05) is 12.9 Å². The number of rotatable bonds is 7. The second-order valence-electron chi connectivity index (χ2n) is 8.74. The Hall–Kier alpha value is -1.76. The highest BCUT2D eigenvalue weighted by Gasteiger charge is 2.42. The van der Waals surface area contributed by atoms with E-state index in [1.165, 1.54) is 6.26 Å². The first kappa shape index (κ1) is 21.0. The van der Waals surface area contributed by atoms with Crippen molar-refractivity contribution in [2.24, 2.45) is 11.3 Å². The molecule has 4 nitrogen and oxygen atoms in total. The maximum absolute atomic E-state index is 13.5. The Labute approximate surface area is 167 Å². The molecular formula is C21H30F2N2O2S. The van der Waals surface area contributed by atoms with Gasteiger partial charge in [0.15, 0.2) is 0 Å². The minimum absolute atomic E-state index is 0.0788. The third-order valence-electron chi connectivity index (χ3n) is 5.57. The molecule has 0 saturated heterocycles. The van der Waals surface area contributed by atoms with Crippen LogP contribution >= 0.6 is 0 Å². The van der Waals surface area contributed by atoms with Crippen LogP contribution in [0.3, 0.4) is 0 Å². The van der Waals surface area contributed by atoms with E-state index in [0.717, 1.165) is 24.2 Å². The van der Waals surface area contributed by atoms with Gasteiger partial charge in [-0.15, -0.1) is 0 Å². The number of halogens is 2. The van der Waals surface area contributed by atoms with Crippen molar-refractivity contribution in [3.8, 4) is 0 Å². The van der Waals surface area contributed by atoms with E-state index < -0.39 is 15.6 Å². The summed E-state index contributed by atoms with van der Waals surface area (Å²) in [5.74, 6) is 2.66. The maximum atomic E-state index is 13.5. The van der Waals surface area contributed by atoms with Crippen molar-refractivity contribution in [2.45, 2.75) is 51.4 Å². The van der Waals surface area contributed by atoms with Crippen molar-refractivity contribution >= 4 is 15.6 Å². The van der Waals surface area contributed by atoms with Crippen molar-refractivity contribution in [1.29, 1.82) is 0 Å². The molecule has 3 rings (SSSR count). The van der Waals surface area contributed by atoms with E-state index in [2.05, 4.69) is 23.8 Å². The lowest BCUT2D eigenvalue weighted by Crippen LogP contribution is -2.35. The fraction of sp³-hybridized carbons (Fsp3) is 0.571. The molecule has 2 fully saturated rings. The molecule has 3 aliphatic rings. The Morgan fingerprint density at radius 3 is 2.50 bits per heavy atom. The van der Waals surface area contributed by atoms with Crippen LogP contribution in [-0.4, -0.2) is 33.8 Å². The number of nitrogens with zero attached hydrogens (tertiary/aromatic N) is 1. The number of allylic oxidation sites excluding steroid dienone is 2. The molecule has 0 aromatic rings. The van der Waals surface area contributed by atoms with Crippen LogP contribution in [0.15, 0.2) is 48.3 Å². The van der Waals surface area contributed by atoms with Crippen molar-refractivity contribution in [3.63, 3.8) is 0 Å². The molecule has 0 aromatic heterocycles. The predicted octanol–water partition coefficient (Wildman–Crippen LogP) is 4.55. The quantitative estimate of drug-likeness (QED) is 0.624. The first-order valence-electron chi connectivity index (χ1n) is 9.59. The van der Waals surface area contributed by atoms with Gasteiger partial charge < -0.3 is 9.64 Å². The molecule has 1 unspecified atom stereocenters. The number of hydrogen-bond acceptors (Lipinski definition) is 3. The summed E-state index contributed by atoms with van der Waals surface area (Å²) in [6.07, 6.45) is 8.20. The van der Waals surface area contributed by atoms with Gasteiger partial charge in [-0.3, -0.25) is 4.72 Å². The van der Waals surface area contributed by atoms with E-state index in [9.17, 15) is 13.0 Å². The lowest BCUT2D eigenvalue weighted by atomic mass is 9.75. The molecule has 1 heterocycles. The van der Waals surface area contributed by atoms with Crippen LogP contribution in [0.4, 0.5) is 8.78 Å². The lowest BCUT2D eigenvalue weighted by Gasteiger charge is -2.38. The molecule has 2 saturated carbocycles. The first-order valence-corrected chi connectivity index (χ1v) is 11.7. The second kappa shape index (κ2) is 7.25. The highest BCUT2D eigenvalue weighted by molar-refractivity contribution is 7.97. The van der Waals surface area contributed by atoms with Gasteiger partial charge in [0.05, 0.1) is 6.61 Å². The average molecular weight is 413 g/mol. The van der Waals surface area contributed by atoms with Gasteiger partial charge in [-0.05, 0) is 37.5 Å². The molecule has 1 N–H and O–H groups in total. The molecule has 1 atom stereocenters. The number of ether oxygens (including phenoxy) is 1. The van der Waals surface area contributed by atoms with Gasteiger partial charge in [-0.1, -0.05) is 20.1 Å². The Bertz CT molecular complexity index is 828. The molecule has 0 amide bonds. The molecular weight excluding hydrogens is 382 g/mol. The largest absolute Gasteiger partial charge is 0.493 e. The lowest BCUT2D eigenvalue weighted by molar-refractivity contribution is -0.0757. The highest BCUT2D eigenvalue weighted by atomic mass is 32.2. The van der Waals surface area contributed by atoms with Gasteiger partial charge in [-0.25, -0.2) is 13.0 Å². The van der Waals surface area contributed by atoms with Crippen LogP contribution in [0, 0.1) is 11.3 Å². The van der Waals surface area contributed by atoms with E-state index >= 15 is 0 Å². The van der Waals surface area contributed by atoms with Gasteiger partial charge >= 0.3 is 0 Å². The van der Waals surface area contributed by atoms with Gasteiger partial charge in [-0.2, -0.15) is 0 Å². The summed E-state index contributed by atoms with van der Waals surface area (Å²) in [6, 6.07) is 0. The fourth-order valence-electron chi connectivity index (χ4n) is 3.58. The van der Waals surface area contributed by atoms with Crippen molar-refractivity contribution < 1.29 is 17.7 Å². The molecule has 0 radical (unpaired) electrons. The van der Waals surface area contributed by atoms with Gasteiger partial charge in [0.2, 0.25) is 5.92 Å². The number of nitrogens with one attached hydrogen (secondary N) is 1. The zero-order valence-corrected chi connectivity index (χ0v) is 17.5. The molecule has 0 bridgehead atoms. The summed E-state index contributed by atoms with van der Waals surface area (Å²) in [5, 5.41) is 0. The van der Waals surface area contributed by atoms with Crippen LogP contribution in [0.25, 0.3) is 0 Å². The summed E-state index contributed by atoms with van der Waals surface area (Å²) in [7, 11) is -2.45. The summed E-state index contributed by atoms with van der Waals surface area (Å²) < 4.78 is 47.9. The molecule has 156 valence electrons. The summed E-state index contributed by atoms with van der Waals surface area (Å²) in [6.45, 7) is 10.4. The Morgan fingerprint density at radius 1 is 1.36 bits per heavy atom. The standard InChI is InChI=1S/C21H30F2N2O2S/c1-15-12-19(27-14-20(3)8-10-21(22,23)11-9-20)18(17-6-7-17)13-25(15)16(2)24-28(4,5)26/h12-13,17H,1-2,4,6-11,14H2,3,5H3,(H,24,26). The number of hydrogen-bond donors (Lipinski definition) is 1. The van der Waals surface area contributed by atoms with Gasteiger partial charge in [0.1, 0.15) is 11.6 Å². The number of alkyl halides is 2. The predicted molar refractivity (Wildman–Crippen MR) is 111 cm³/mol. The molecule has 28 heavy (non-hydrogen) atoms. The van der Waals surface area contributed by atoms with Crippen molar-refractivity contribution in [1.82, 2.24) is 9.62 Å². The average Bonchev–Trinajstić information content (AvgIpc) is 3.39. The van der Waals surface area contributed by atoms with Crippen LogP contribution in [-0.2, 0) is 14.4 Å². The zero-order chi connectivity index (χ0) is 20.7. The van der Waals surface area contributed by atoms with E-state index in [4.69, 9.17) is 4.74 Å². The molecule has 7 heteroatoms. The molecule has 0 spiro atoms. The third kappa shape index (κ3) is 5.19. The smallest absolute Gasteiger partial charge is 0.248 e.